The number of ether oxygens (including phenoxy) is 2. The molecule has 188 valence electrons. The molecule has 0 radical (unpaired) electrons. The maximum absolute atomic E-state index is 12.7. The molecular formula is C30H33NO4S. The number of benzene rings is 3. The Morgan fingerprint density at radius 1 is 0.972 bits per heavy atom. The molecule has 0 aliphatic carbocycles. The minimum absolute atomic E-state index is 0.0845. The monoisotopic (exact) mass is 503 g/mol. The SMILES string of the molecule is CCn1c2ccccc2c2cc(C=Cc3ccc(S(=O)(=O)CCCOC4CCCOC4)cc3)ccc21. The molecule has 0 spiro atoms. The number of nitrogens with zero attached hydrogens (tertiary/aromatic N) is 1. The molecule has 0 amide bonds. The predicted octanol–water partition coefficient (Wildman–Crippen LogP) is 6.34. The van der Waals surface area contributed by atoms with E-state index in [9.17, 15) is 8.42 Å². The van der Waals surface area contributed by atoms with Gasteiger partial charge in [0.25, 0.3) is 0 Å². The standard InChI is InChI=1S/C30H33NO4S/c1-2-31-29-9-4-3-8-27(29)28-21-24(14-17-30(28)31)11-10-23-12-15-26(16-13-23)36(32,33)20-6-19-35-25-7-5-18-34-22-25/h3-4,8-17,21,25H,2,5-7,18-20,22H2,1H3. The fourth-order valence-corrected chi connectivity index (χ4v) is 6.24. The van der Waals surface area contributed by atoms with E-state index in [-0.39, 0.29) is 11.9 Å². The molecule has 6 heteroatoms. The summed E-state index contributed by atoms with van der Waals surface area (Å²) in [6.07, 6.45) is 6.67. The van der Waals surface area contributed by atoms with Gasteiger partial charge in [-0.15, -0.1) is 0 Å². The Kier molecular flexibility index (Phi) is 7.56. The van der Waals surface area contributed by atoms with Crippen molar-refractivity contribution in [2.75, 3.05) is 25.6 Å². The van der Waals surface area contributed by atoms with Crippen LogP contribution in [0.25, 0.3) is 34.0 Å². The zero-order valence-electron chi connectivity index (χ0n) is 20.7. The number of fused-ring (bicyclic) bond motifs is 3. The maximum Gasteiger partial charge on any atom is 0.178 e. The van der Waals surface area contributed by atoms with Crippen molar-refractivity contribution >= 4 is 43.8 Å². The number of rotatable bonds is 9. The Labute approximate surface area is 213 Å². The Balaban J connectivity index is 1.24. The number of hydrogen-bond acceptors (Lipinski definition) is 4. The molecule has 36 heavy (non-hydrogen) atoms. The van der Waals surface area contributed by atoms with E-state index < -0.39 is 9.84 Å². The molecule has 5 nitrogen and oxygen atoms in total. The normalized spacial score (nSPS) is 16.9. The first-order valence-corrected chi connectivity index (χ1v) is 14.4. The van der Waals surface area contributed by atoms with Crippen LogP contribution in [0.15, 0.2) is 71.6 Å². The van der Waals surface area contributed by atoms with Crippen LogP contribution < -0.4 is 0 Å². The molecule has 1 aliphatic rings. The van der Waals surface area contributed by atoms with Crippen LogP contribution in [-0.4, -0.2) is 44.7 Å². The van der Waals surface area contributed by atoms with Crippen LogP contribution in [0.5, 0.6) is 0 Å². The first kappa shape index (κ1) is 24.8. The third kappa shape index (κ3) is 5.41. The summed E-state index contributed by atoms with van der Waals surface area (Å²) in [4.78, 5) is 0.356. The fraction of sp³-hybridized carbons (Fsp3) is 0.333. The lowest BCUT2D eigenvalue weighted by Gasteiger charge is -2.22. The zero-order chi connectivity index (χ0) is 25.0. The molecule has 1 atom stereocenters. The molecule has 1 unspecified atom stereocenters. The predicted molar refractivity (Wildman–Crippen MR) is 147 cm³/mol. The summed E-state index contributed by atoms with van der Waals surface area (Å²) in [5.41, 5.74) is 4.57. The largest absolute Gasteiger partial charge is 0.379 e. The van der Waals surface area contributed by atoms with Crippen LogP contribution in [-0.2, 0) is 25.9 Å². The van der Waals surface area contributed by atoms with Gasteiger partial charge in [0.2, 0.25) is 0 Å². The van der Waals surface area contributed by atoms with Gasteiger partial charge in [0.05, 0.1) is 23.4 Å². The summed E-state index contributed by atoms with van der Waals surface area (Å²) in [6, 6.07) is 22.2. The molecule has 4 aromatic rings. The molecule has 1 saturated heterocycles. The molecule has 2 heterocycles. The average molecular weight is 504 g/mol. The molecule has 0 bridgehead atoms. The number of para-hydroxylation sites is 1. The Morgan fingerprint density at radius 2 is 1.72 bits per heavy atom. The Morgan fingerprint density at radius 3 is 2.50 bits per heavy atom. The topological polar surface area (TPSA) is 57.5 Å². The first-order valence-electron chi connectivity index (χ1n) is 12.8. The summed E-state index contributed by atoms with van der Waals surface area (Å²) in [7, 11) is -3.33. The number of aryl methyl sites for hydroxylation is 1. The van der Waals surface area contributed by atoms with Crippen LogP contribution in [0, 0.1) is 0 Å². The molecule has 1 aromatic heterocycles. The minimum atomic E-state index is -3.33. The highest BCUT2D eigenvalue weighted by molar-refractivity contribution is 7.91. The lowest BCUT2D eigenvalue weighted by molar-refractivity contribution is -0.0494. The van der Waals surface area contributed by atoms with E-state index in [2.05, 4.69) is 60.0 Å². The number of aromatic nitrogens is 1. The summed E-state index contributed by atoms with van der Waals surface area (Å²) >= 11 is 0. The maximum atomic E-state index is 12.7. The zero-order valence-corrected chi connectivity index (χ0v) is 21.5. The van der Waals surface area contributed by atoms with Gasteiger partial charge >= 0.3 is 0 Å². The van der Waals surface area contributed by atoms with E-state index in [1.807, 2.05) is 18.2 Å². The van der Waals surface area contributed by atoms with Gasteiger partial charge in [0.1, 0.15) is 0 Å². The first-order chi connectivity index (χ1) is 17.5. The summed E-state index contributed by atoms with van der Waals surface area (Å²) in [5.74, 6) is 0.0845. The van der Waals surface area contributed by atoms with Crippen molar-refractivity contribution in [2.45, 2.75) is 43.7 Å². The van der Waals surface area contributed by atoms with Crippen LogP contribution in [0.4, 0.5) is 0 Å². The van der Waals surface area contributed by atoms with Gasteiger partial charge in [-0.2, -0.15) is 0 Å². The smallest absolute Gasteiger partial charge is 0.178 e. The summed E-state index contributed by atoms with van der Waals surface area (Å²) in [5, 5.41) is 2.51. The van der Waals surface area contributed by atoms with Crippen LogP contribution in [0.3, 0.4) is 0 Å². The molecule has 5 rings (SSSR count). The fourth-order valence-electron chi connectivity index (χ4n) is 4.95. The second-order valence-electron chi connectivity index (χ2n) is 9.32. The van der Waals surface area contributed by atoms with Crippen LogP contribution in [0.1, 0.15) is 37.3 Å². The molecule has 1 aliphatic heterocycles. The van der Waals surface area contributed by atoms with Gasteiger partial charge in [-0.3, -0.25) is 0 Å². The van der Waals surface area contributed by atoms with Gasteiger partial charge in [-0.1, -0.05) is 48.6 Å². The molecule has 0 N–H and O–H groups in total. The van der Waals surface area contributed by atoms with Gasteiger partial charge in [0.15, 0.2) is 9.84 Å². The lowest BCUT2D eigenvalue weighted by Crippen LogP contribution is -2.26. The van der Waals surface area contributed by atoms with E-state index in [0.717, 1.165) is 37.1 Å². The minimum Gasteiger partial charge on any atom is -0.379 e. The van der Waals surface area contributed by atoms with Crippen molar-refractivity contribution < 1.29 is 17.9 Å². The van der Waals surface area contributed by atoms with Crippen molar-refractivity contribution in [1.82, 2.24) is 4.57 Å². The molecule has 0 saturated carbocycles. The second-order valence-corrected chi connectivity index (χ2v) is 11.4. The highest BCUT2D eigenvalue weighted by Crippen LogP contribution is 2.30. The quantitative estimate of drug-likeness (QED) is 0.197. The van der Waals surface area contributed by atoms with Crippen molar-refractivity contribution in [1.29, 1.82) is 0 Å². The molecule has 3 aromatic carbocycles. The van der Waals surface area contributed by atoms with E-state index in [4.69, 9.17) is 9.47 Å². The highest BCUT2D eigenvalue weighted by atomic mass is 32.2. The van der Waals surface area contributed by atoms with E-state index in [1.165, 1.54) is 21.8 Å². The second kappa shape index (κ2) is 11.0. The average Bonchev–Trinajstić information content (AvgIpc) is 3.24. The molecular weight excluding hydrogens is 470 g/mol. The number of sulfone groups is 1. The van der Waals surface area contributed by atoms with Crippen molar-refractivity contribution in [3.05, 3.63) is 77.9 Å². The summed E-state index contributed by atoms with van der Waals surface area (Å²) < 4.78 is 39.0. The van der Waals surface area contributed by atoms with Crippen molar-refractivity contribution in [3.8, 4) is 0 Å². The van der Waals surface area contributed by atoms with Gasteiger partial charge in [-0.25, -0.2) is 8.42 Å². The highest BCUT2D eigenvalue weighted by Gasteiger charge is 2.17. The number of hydrogen-bond donors (Lipinski definition) is 0. The van der Waals surface area contributed by atoms with Gasteiger partial charge in [-0.05, 0) is 67.6 Å². The van der Waals surface area contributed by atoms with Crippen LogP contribution >= 0.6 is 0 Å². The van der Waals surface area contributed by atoms with E-state index in [1.54, 1.807) is 12.1 Å². The molecule has 1 fully saturated rings. The Hall–Kier alpha value is -2.93. The van der Waals surface area contributed by atoms with E-state index in [0.29, 0.717) is 24.5 Å². The summed E-state index contributed by atoms with van der Waals surface area (Å²) in [6.45, 7) is 4.94. The Bertz CT molecular complexity index is 1460. The third-order valence-electron chi connectivity index (χ3n) is 6.85. The lowest BCUT2D eigenvalue weighted by atomic mass is 10.1. The van der Waals surface area contributed by atoms with Gasteiger partial charge in [0, 0.05) is 41.6 Å². The van der Waals surface area contributed by atoms with Crippen molar-refractivity contribution in [2.24, 2.45) is 0 Å². The van der Waals surface area contributed by atoms with E-state index >= 15 is 0 Å². The van der Waals surface area contributed by atoms with Crippen molar-refractivity contribution in [3.63, 3.8) is 0 Å². The van der Waals surface area contributed by atoms with Crippen LogP contribution in [0.2, 0.25) is 0 Å². The van der Waals surface area contributed by atoms with Gasteiger partial charge < -0.3 is 14.0 Å². The third-order valence-corrected chi connectivity index (χ3v) is 8.67.